The Kier molecular flexibility index (Phi) is 2.56. The van der Waals surface area contributed by atoms with Crippen LogP contribution in [0.1, 0.15) is 38.5 Å². The fourth-order valence-electron chi connectivity index (χ4n) is 2.95. The maximum absolute atomic E-state index is 11.3. The number of ketones is 2. The summed E-state index contributed by atoms with van der Waals surface area (Å²) in [6.07, 6.45) is 4.77. The average molecular weight is 224 g/mol. The Bertz CT molecular complexity index is 293. The van der Waals surface area contributed by atoms with Crippen molar-refractivity contribution in [3.05, 3.63) is 0 Å². The Morgan fingerprint density at radius 3 is 1.62 bits per heavy atom. The SMILES string of the molecule is O=C1CC2OC3CCCCC3OC2CC1=O. The highest BCUT2D eigenvalue weighted by Gasteiger charge is 2.45. The first kappa shape index (κ1) is 10.4. The summed E-state index contributed by atoms with van der Waals surface area (Å²) >= 11 is 0. The van der Waals surface area contributed by atoms with Gasteiger partial charge in [-0.2, -0.15) is 0 Å². The van der Waals surface area contributed by atoms with Crippen LogP contribution in [0.3, 0.4) is 0 Å². The Hall–Kier alpha value is -0.740. The van der Waals surface area contributed by atoms with Crippen LogP contribution in [-0.2, 0) is 19.1 Å². The molecular weight excluding hydrogens is 208 g/mol. The van der Waals surface area contributed by atoms with Gasteiger partial charge in [0, 0.05) is 12.8 Å². The zero-order valence-electron chi connectivity index (χ0n) is 9.19. The first-order chi connectivity index (χ1) is 7.74. The van der Waals surface area contributed by atoms with Crippen molar-refractivity contribution < 1.29 is 19.1 Å². The zero-order valence-corrected chi connectivity index (χ0v) is 9.19. The minimum absolute atomic E-state index is 0.149. The molecule has 1 saturated heterocycles. The van der Waals surface area contributed by atoms with Crippen LogP contribution in [-0.4, -0.2) is 36.0 Å². The van der Waals surface area contributed by atoms with Gasteiger partial charge in [0.2, 0.25) is 11.6 Å². The standard InChI is InChI=1S/C12H16O4/c13-7-5-11-12(6-8(7)14)16-10-4-2-1-3-9(10)15-11/h9-12H,1-6H2. The molecule has 0 spiro atoms. The van der Waals surface area contributed by atoms with Gasteiger partial charge in [-0.1, -0.05) is 12.8 Å². The summed E-state index contributed by atoms with van der Waals surface area (Å²) < 4.78 is 11.8. The molecule has 0 aromatic heterocycles. The lowest BCUT2D eigenvalue weighted by molar-refractivity contribution is -0.234. The molecule has 0 aromatic rings. The molecule has 3 fully saturated rings. The van der Waals surface area contributed by atoms with Gasteiger partial charge in [-0.05, 0) is 12.8 Å². The van der Waals surface area contributed by atoms with Gasteiger partial charge in [0.05, 0.1) is 24.4 Å². The Morgan fingerprint density at radius 2 is 1.19 bits per heavy atom. The van der Waals surface area contributed by atoms with Gasteiger partial charge >= 0.3 is 0 Å². The van der Waals surface area contributed by atoms with Crippen LogP contribution in [0.5, 0.6) is 0 Å². The summed E-state index contributed by atoms with van der Waals surface area (Å²) in [4.78, 5) is 22.6. The molecule has 0 amide bonds. The fraction of sp³-hybridized carbons (Fsp3) is 0.833. The normalized spacial score (nSPS) is 43.8. The number of hydrogen-bond donors (Lipinski definition) is 0. The molecule has 16 heavy (non-hydrogen) atoms. The first-order valence-corrected chi connectivity index (χ1v) is 6.11. The zero-order chi connectivity index (χ0) is 11.1. The third kappa shape index (κ3) is 1.70. The van der Waals surface area contributed by atoms with Crippen LogP contribution in [0, 0.1) is 0 Å². The van der Waals surface area contributed by atoms with Gasteiger partial charge in [0.1, 0.15) is 0 Å². The van der Waals surface area contributed by atoms with Gasteiger partial charge in [-0.3, -0.25) is 9.59 Å². The number of rotatable bonds is 0. The first-order valence-electron chi connectivity index (χ1n) is 6.11. The molecule has 0 N–H and O–H groups in total. The molecule has 4 atom stereocenters. The van der Waals surface area contributed by atoms with Crippen molar-refractivity contribution in [3.63, 3.8) is 0 Å². The summed E-state index contributed by atoms with van der Waals surface area (Å²) in [6.45, 7) is 0. The molecule has 4 heteroatoms. The smallest absolute Gasteiger partial charge is 0.201 e. The largest absolute Gasteiger partial charge is 0.369 e. The molecule has 4 nitrogen and oxygen atoms in total. The Labute approximate surface area is 94.3 Å². The minimum atomic E-state index is -0.292. The van der Waals surface area contributed by atoms with Crippen molar-refractivity contribution in [2.45, 2.75) is 62.9 Å². The van der Waals surface area contributed by atoms with Gasteiger partial charge in [-0.15, -0.1) is 0 Å². The third-order valence-corrected chi connectivity index (χ3v) is 3.84. The number of hydrogen-bond acceptors (Lipinski definition) is 4. The maximum Gasteiger partial charge on any atom is 0.201 e. The monoisotopic (exact) mass is 224 g/mol. The average Bonchev–Trinajstić information content (AvgIpc) is 2.28. The van der Waals surface area contributed by atoms with Crippen LogP contribution in [0.15, 0.2) is 0 Å². The second-order valence-corrected chi connectivity index (χ2v) is 4.97. The van der Waals surface area contributed by atoms with Crippen LogP contribution in [0.25, 0.3) is 0 Å². The number of carbonyl (C=O) groups excluding carboxylic acids is 2. The molecular formula is C12H16O4. The van der Waals surface area contributed by atoms with Crippen LogP contribution in [0.2, 0.25) is 0 Å². The van der Waals surface area contributed by atoms with E-state index in [9.17, 15) is 9.59 Å². The predicted molar refractivity (Wildman–Crippen MR) is 55.0 cm³/mol. The van der Waals surface area contributed by atoms with Crippen molar-refractivity contribution in [3.8, 4) is 0 Å². The predicted octanol–water partition coefficient (Wildman–Crippen LogP) is 1.01. The lowest BCUT2D eigenvalue weighted by Gasteiger charge is -2.45. The summed E-state index contributed by atoms with van der Waals surface area (Å²) in [5.74, 6) is -0.585. The van der Waals surface area contributed by atoms with Gasteiger partial charge in [-0.25, -0.2) is 0 Å². The van der Waals surface area contributed by atoms with E-state index in [-0.39, 0.29) is 48.8 Å². The molecule has 1 heterocycles. The highest BCUT2D eigenvalue weighted by molar-refractivity contribution is 6.38. The molecule has 4 unspecified atom stereocenters. The lowest BCUT2D eigenvalue weighted by Crippen LogP contribution is -2.54. The van der Waals surface area contributed by atoms with E-state index in [4.69, 9.17) is 9.47 Å². The van der Waals surface area contributed by atoms with Crippen molar-refractivity contribution in [2.24, 2.45) is 0 Å². The second-order valence-electron chi connectivity index (χ2n) is 4.97. The van der Waals surface area contributed by atoms with Crippen molar-refractivity contribution in [2.75, 3.05) is 0 Å². The van der Waals surface area contributed by atoms with Gasteiger partial charge in [0.25, 0.3) is 0 Å². The van der Waals surface area contributed by atoms with Crippen LogP contribution in [0.4, 0.5) is 0 Å². The third-order valence-electron chi connectivity index (χ3n) is 3.84. The topological polar surface area (TPSA) is 52.6 Å². The molecule has 3 rings (SSSR count). The molecule has 88 valence electrons. The lowest BCUT2D eigenvalue weighted by atomic mass is 9.87. The number of ether oxygens (including phenoxy) is 2. The highest BCUT2D eigenvalue weighted by atomic mass is 16.6. The van der Waals surface area contributed by atoms with Crippen LogP contribution < -0.4 is 0 Å². The van der Waals surface area contributed by atoms with Gasteiger partial charge in [0.15, 0.2) is 0 Å². The quantitative estimate of drug-likeness (QED) is 0.576. The summed E-state index contributed by atoms with van der Waals surface area (Å²) in [7, 11) is 0. The summed E-state index contributed by atoms with van der Waals surface area (Å²) in [5.41, 5.74) is 0. The van der Waals surface area contributed by atoms with E-state index >= 15 is 0 Å². The second kappa shape index (κ2) is 3.93. The fourth-order valence-corrected chi connectivity index (χ4v) is 2.95. The molecule has 0 aromatic carbocycles. The van der Waals surface area contributed by atoms with E-state index in [1.54, 1.807) is 0 Å². The molecule has 0 bridgehead atoms. The molecule has 2 aliphatic carbocycles. The molecule has 3 aliphatic rings. The number of Topliss-reactive ketones (excluding diaryl/α,β-unsaturated/α-hetero) is 2. The van der Waals surface area contributed by atoms with Crippen molar-refractivity contribution in [1.29, 1.82) is 0 Å². The summed E-state index contributed by atoms with van der Waals surface area (Å²) in [6, 6.07) is 0. The Balaban J connectivity index is 1.73. The van der Waals surface area contributed by atoms with Crippen molar-refractivity contribution in [1.82, 2.24) is 0 Å². The van der Waals surface area contributed by atoms with Crippen molar-refractivity contribution >= 4 is 11.6 Å². The van der Waals surface area contributed by atoms with E-state index < -0.39 is 0 Å². The summed E-state index contributed by atoms with van der Waals surface area (Å²) in [5, 5.41) is 0. The highest BCUT2D eigenvalue weighted by Crippen LogP contribution is 2.35. The van der Waals surface area contributed by atoms with Crippen LogP contribution >= 0.6 is 0 Å². The van der Waals surface area contributed by atoms with E-state index in [1.165, 1.54) is 12.8 Å². The Morgan fingerprint density at radius 1 is 0.750 bits per heavy atom. The van der Waals surface area contributed by atoms with E-state index in [1.807, 2.05) is 0 Å². The number of fused-ring (bicyclic) bond motifs is 2. The maximum atomic E-state index is 11.3. The number of carbonyl (C=O) groups is 2. The van der Waals surface area contributed by atoms with Gasteiger partial charge < -0.3 is 9.47 Å². The van der Waals surface area contributed by atoms with E-state index in [2.05, 4.69) is 0 Å². The van der Waals surface area contributed by atoms with E-state index in [0.29, 0.717) is 0 Å². The minimum Gasteiger partial charge on any atom is -0.369 e. The molecule has 1 aliphatic heterocycles. The molecule has 2 saturated carbocycles. The molecule has 0 radical (unpaired) electrons. The van der Waals surface area contributed by atoms with E-state index in [0.717, 1.165) is 12.8 Å².